The van der Waals surface area contributed by atoms with E-state index in [1.807, 2.05) is 18.2 Å². The zero-order valence-electron chi connectivity index (χ0n) is 12.1. The van der Waals surface area contributed by atoms with E-state index in [0.717, 1.165) is 0 Å². The molecular formula is C15H21N3OS. The summed E-state index contributed by atoms with van der Waals surface area (Å²) in [6.07, 6.45) is 0.0123. The van der Waals surface area contributed by atoms with E-state index in [2.05, 4.69) is 42.9 Å². The molecular weight excluding hydrogens is 270 g/mol. The summed E-state index contributed by atoms with van der Waals surface area (Å²) < 4.78 is 6.19. The van der Waals surface area contributed by atoms with Crippen molar-refractivity contribution in [2.45, 2.75) is 37.2 Å². The fraction of sp³-hybridized carbons (Fsp3) is 0.600. The first-order chi connectivity index (χ1) is 9.63. The van der Waals surface area contributed by atoms with Crippen LogP contribution in [-0.2, 0) is 4.74 Å². The number of thioether (sulfide) groups is 1. The molecule has 0 aliphatic carbocycles. The summed E-state index contributed by atoms with van der Waals surface area (Å²) >= 11 is 1.76. The van der Waals surface area contributed by atoms with E-state index in [1.165, 1.54) is 4.90 Å². The topological polar surface area (TPSA) is 58.0 Å². The van der Waals surface area contributed by atoms with Crippen molar-refractivity contribution in [3.63, 3.8) is 0 Å². The van der Waals surface area contributed by atoms with E-state index >= 15 is 0 Å². The molecule has 1 aromatic rings. The number of nitrogens with zero attached hydrogens (tertiary/aromatic N) is 3. The quantitative estimate of drug-likeness (QED) is 0.458. The van der Waals surface area contributed by atoms with Crippen LogP contribution in [0.5, 0.6) is 0 Å². The second kappa shape index (κ2) is 7.02. The largest absolute Gasteiger partial charge is 0.363 e. The van der Waals surface area contributed by atoms with Crippen LogP contribution < -0.4 is 0 Å². The molecule has 0 radical (unpaired) electrons. The zero-order valence-corrected chi connectivity index (χ0v) is 13.0. The van der Waals surface area contributed by atoms with Gasteiger partial charge in [0.1, 0.15) is 5.44 Å². The summed E-state index contributed by atoms with van der Waals surface area (Å²) in [5.74, 6) is 1.42. The van der Waals surface area contributed by atoms with E-state index in [9.17, 15) is 0 Å². The number of rotatable bonds is 4. The van der Waals surface area contributed by atoms with E-state index in [0.29, 0.717) is 24.3 Å². The molecule has 20 heavy (non-hydrogen) atoms. The Labute approximate surface area is 124 Å². The highest BCUT2D eigenvalue weighted by Crippen LogP contribution is 2.41. The Morgan fingerprint density at radius 2 is 1.85 bits per heavy atom. The van der Waals surface area contributed by atoms with Crippen LogP contribution in [0.2, 0.25) is 0 Å². The maximum Gasteiger partial charge on any atom is 0.110 e. The average Bonchev–Trinajstić information content (AvgIpc) is 2.48. The van der Waals surface area contributed by atoms with Gasteiger partial charge in [0.05, 0.1) is 12.6 Å². The fourth-order valence-corrected chi connectivity index (χ4v) is 3.82. The predicted octanol–water partition coefficient (Wildman–Crippen LogP) is 4.72. The van der Waals surface area contributed by atoms with Crippen molar-refractivity contribution in [2.24, 2.45) is 22.9 Å². The van der Waals surface area contributed by atoms with E-state index in [4.69, 9.17) is 10.3 Å². The lowest BCUT2D eigenvalue weighted by Gasteiger charge is -2.43. The Hall–Kier alpha value is -1.16. The van der Waals surface area contributed by atoms with E-state index in [-0.39, 0.29) is 11.5 Å². The minimum Gasteiger partial charge on any atom is -0.363 e. The van der Waals surface area contributed by atoms with Crippen LogP contribution in [0, 0.1) is 17.8 Å². The van der Waals surface area contributed by atoms with Gasteiger partial charge in [-0.2, -0.15) is 0 Å². The number of hydrogen-bond donors (Lipinski definition) is 0. The van der Waals surface area contributed by atoms with Crippen LogP contribution in [0.15, 0.2) is 40.3 Å². The van der Waals surface area contributed by atoms with Crippen LogP contribution in [0.25, 0.3) is 10.4 Å². The third-order valence-corrected chi connectivity index (χ3v) is 5.62. The third kappa shape index (κ3) is 3.48. The third-order valence-electron chi connectivity index (χ3n) is 4.30. The molecule has 0 bridgehead atoms. The lowest BCUT2D eigenvalue weighted by atomic mass is 9.80. The first-order valence-electron chi connectivity index (χ1n) is 7.01. The number of hydrogen-bond acceptors (Lipinski definition) is 3. The predicted molar refractivity (Wildman–Crippen MR) is 82.5 cm³/mol. The summed E-state index contributed by atoms with van der Waals surface area (Å²) in [5.41, 5.74) is 8.61. The molecule has 108 valence electrons. The van der Waals surface area contributed by atoms with Crippen LogP contribution in [0.4, 0.5) is 0 Å². The molecule has 1 saturated heterocycles. The number of azide groups is 1. The van der Waals surface area contributed by atoms with Crippen molar-refractivity contribution < 1.29 is 4.74 Å². The first-order valence-corrected chi connectivity index (χ1v) is 7.89. The summed E-state index contributed by atoms with van der Waals surface area (Å²) in [6.45, 7) is 7.10. The minimum absolute atomic E-state index is 0.0123. The Morgan fingerprint density at radius 1 is 1.15 bits per heavy atom. The second-order valence-electron chi connectivity index (χ2n) is 5.46. The lowest BCUT2D eigenvalue weighted by Crippen LogP contribution is -2.44. The van der Waals surface area contributed by atoms with Crippen molar-refractivity contribution >= 4 is 11.8 Å². The molecule has 0 saturated carbocycles. The highest BCUT2D eigenvalue weighted by molar-refractivity contribution is 7.99. The van der Waals surface area contributed by atoms with Crippen LogP contribution in [-0.4, -0.2) is 18.1 Å². The standard InChI is InChI=1S/C15H21N3OS/c1-10-11(2)14(9-17-18-16)19-15(12(10)3)20-13-7-5-4-6-8-13/h4-8,10-12,14-15H,9H2,1-3H3/t10-,11-,12?,14?,15-/m0/s1. The molecule has 1 aromatic carbocycles. The van der Waals surface area contributed by atoms with Gasteiger partial charge in [0, 0.05) is 9.81 Å². The van der Waals surface area contributed by atoms with Gasteiger partial charge in [0.15, 0.2) is 0 Å². The van der Waals surface area contributed by atoms with Crippen LogP contribution >= 0.6 is 11.8 Å². The van der Waals surface area contributed by atoms with Gasteiger partial charge in [0.25, 0.3) is 0 Å². The molecule has 1 aliphatic heterocycles. The molecule has 2 unspecified atom stereocenters. The molecule has 4 nitrogen and oxygen atoms in total. The van der Waals surface area contributed by atoms with Crippen molar-refractivity contribution in [1.82, 2.24) is 0 Å². The Balaban J connectivity index is 2.09. The van der Waals surface area contributed by atoms with Gasteiger partial charge in [-0.1, -0.05) is 55.8 Å². The van der Waals surface area contributed by atoms with Gasteiger partial charge in [-0.05, 0) is 35.4 Å². The molecule has 5 heteroatoms. The molecule has 5 atom stereocenters. The molecule has 0 aromatic heterocycles. The average molecular weight is 291 g/mol. The lowest BCUT2D eigenvalue weighted by molar-refractivity contribution is -0.0883. The Bertz CT molecular complexity index is 475. The molecule has 1 heterocycles. The summed E-state index contributed by atoms with van der Waals surface area (Å²) in [4.78, 5) is 4.07. The highest BCUT2D eigenvalue weighted by Gasteiger charge is 2.38. The maximum absolute atomic E-state index is 8.50. The Morgan fingerprint density at radius 3 is 2.50 bits per heavy atom. The van der Waals surface area contributed by atoms with Gasteiger partial charge in [-0.15, -0.1) is 0 Å². The zero-order chi connectivity index (χ0) is 14.5. The van der Waals surface area contributed by atoms with Crippen LogP contribution in [0.1, 0.15) is 20.8 Å². The number of benzene rings is 1. The summed E-state index contributed by atoms with van der Waals surface area (Å²) in [6, 6.07) is 10.3. The molecule has 1 aliphatic rings. The summed E-state index contributed by atoms with van der Waals surface area (Å²) in [7, 11) is 0. The van der Waals surface area contributed by atoms with Gasteiger partial charge in [-0.3, -0.25) is 0 Å². The van der Waals surface area contributed by atoms with E-state index in [1.54, 1.807) is 11.8 Å². The second-order valence-corrected chi connectivity index (χ2v) is 6.64. The number of ether oxygens (including phenoxy) is 1. The SMILES string of the molecule is CC1[C@@H](C)[C@H](C)C(CN=[N+]=[N-])O[C@H]1Sc1ccccc1. The van der Waals surface area contributed by atoms with Crippen LogP contribution in [0.3, 0.4) is 0 Å². The van der Waals surface area contributed by atoms with Gasteiger partial charge < -0.3 is 4.74 Å². The molecule has 1 fully saturated rings. The normalized spacial score (nSPS) is 33.5. The first kappa shape index (κ1) is 15.2. The van der Waals surface area contributed by atoms with Gasteiger partial charge in [0.2, 0.25) is 0 Å². The molecule has 0 amide bonds. The fourth-order valence-electron chi connectivity index (χ4n) is 2.58. The monoisotopic (exact) mass is 291 g/mol. The Kier molecular flexibility index (Phi) is 5.35. The highest BCUT2D eigenvalue weighted by atomic mass is 32.2. The minimum atomic E-state index is 0.0123. The molecule has 0 N–H and O–H groups in total. The molecule has 2 rings (SSSR count). The molecule has 0 spiro atoms. The van der Waals surface area contributed by atoms with Gasteiger partial charge >= 0.3 is 0 Å². The summed E-state index contributed by atoms with van der Waals surface area (Å²) in [5, 5.41) is 3.69. The van der Waals surface area contributed by atoms with Crippen molar-refractivity contribution in [3.8, 4) is 0 Å². The van der Waals surface area contributed by atoms with Crippen molar-refractivity contribution in [3.05, 3.63) is 40.8 Å². The maximum atomic E-state index is 8.50. The van der Waals surface area contributed by atoms with Crippen molar-refractivity contribution in [2.75, 3.05) is 6.54 Å². The smallest absolute Gasteiger partial charge is 0.110 e. The van der Waals surface area contributed by atoms with E-state index < -0.39 is 0 Å². The van der Waals surface area contributed by atoms with Gasteiger partial charge in [-0.25, -0.2) is 0 Å². The van der Waals surface area contributed by atoms with Crippen molar-refractivity contribution in [1.29, 1.82) is 0 Å².